The summed E-state index contributed by atoms with van der Waals surface area (Å²) in [7, 11) is 0. The summed E-state index contributed by atoms with van der Waals surface area (Å²) in [5.74, 6) is 0. The summed E-state index contributed by atoms with van der Waals surface area (Å²) >= 11 is 7.86. The third kappa shape index (κ3) is 3.23. The smallest absolute Gasteiger partial charge is 0.407 e. The predicted molar refractivity (Wildman–Crippen MR) is 88.6 cm³/mol. The van der Waals surface area contributed by atoms with Gasteiger partial charge in [0.1, 0.15) is 0 Å². The van der Waals surface area contributed by atoms with E-state index in [0.717, 1.165) is 16.9 Å². The quantitative estimate of drug-likeness (QED) is 0.855. The van der Waals surface area contributed by atoms with Crippen LogP contribution in [0.5, 0.6) is 0 Å². The van der Waals surface area contributed by atoms with Crippen molar-refractivity contribution in [2.75, 3.05) is 6.61 Å². The Morgan fingerprint density at radius 2 is 2.14 bits per heavy atom. The van der Waals surface area contributed by atoms with E-state index in [9.17, 15) is 4.79 Å². The highest BCUT2D eigenvalue weighted by atomic mass is 35.5. The average Bonchev–Trinajstić information content (AvgIpc) is 2.64. The highest BCUT2D eigenvalue weighted by Gasteiger charge is 2.24. The number of ether oxygens (including phenoxy) is 1. The number of rotatable bonds is 2. The Morgan fingerprint density at radius 1 is 1.32 bits per heavy atom. The number of fused-ring (bicyclic) bond motifs is 2. The molecule has 5 heteroatoms. The number of carbonyl (C=O) groups excluding carboxylic acids is 1. The van der Waals surface area contributed by atoms with E-state index in [0.29, 0.717) is 11.6 Å². The minimum Gasteiger partial charge on any atom is -0.450 e. The lowest BCUT2D eigenvalue weighted by Crippen LogP contribution is -2.30. The van der Waals surface area contributed by atoms with Gasteiger partial charge in [-0.3, -0.25) is 0 Å². The lowest BCUT2D eigenvalue weighted by Gasteiger charge is -2.19. The average molecular weight is 334 g/mol. The Morgan fingerprint density at radius 3 is 2.95 bits per heavy atom. The largest absolute Gasteiger partial charge is 0.450 e. The third-order valence-electron chi connectivity index (χ3n) is 3.53. The van der Waals surface area contributed by atoms with E-state index in [1.807, 2.05) is 30.3 Å². The van der Waals surface area contributed by atoms with Crippen LogP contribution >= 0.6 is 23.4 Å². The van der Waals surface area contributed by atoms with Crippen LogP contribution in [0, 0.1) is 0 Å². The number of alkyl carbamates (subject to hydrolysis) is 1. The molecule has 0 fully saturated rings. The molecule has 0 spiro atoms. The first kappa shape index (κ1) is 15.3. The van der Waals surface area contributed by atoms with E-state index in [2.05, 4.69) is 17.4 Å². The molecule has 0 radical (unpaired) electrons. The number of benzene rings is 2. The van der Waals surface area contributed by atoms with Gasteiger partial charge in [0.05, 0.1) is 12.6 Å². The van der Waals surface area contributed by atoms with E-state index in [-0.39, 0.29) is 6.04 Å². The summed E-state index contributed by atoms with van der Waals surface area (Å²) in [6.45, 7) is 2.15. The molecule has 1 amide bonds. The number of carbonyl (C=O) groups is 1. The van der Waals surface area contributed by atoms with Crippen LogP contribution in [-0.4, -0.2) is 12.7 Å². The summed E-state index contributed by atoms with van der Waals surface area (Å²) in [6, 6.07) is 13.9. The topological polar surface area (TPSA) is 38.3 Å². The minimum atomic E-state index is -0.400. The van der Waals surface area contributed by atoms with Crippen LogP contribution in [0.3, 0.4) is 0 Å². The Balaban J connectivity index is 2.00. The fraction of sp³-hybridized carbons (Fsp3) is 0.235. The van der Waals surface area contributed by atoms with Gasteiger partial charge in [-0.1, -0.05) is 41.6 Å². The molecule has 114 valence electrons. The normalized spacial score (nSPS) is 16.2. The molecule has 2 aromatic carbocycles. The maximum Gasteiger partial charge on any atom is 0.407 e. The highest BCUT2D eigenvalue weighted by molar-refractivity contribution is 7.99. The first-order valence-corrected chi connectivity index (χ1v) is 8.35. The zero-order valence-corrected chi connectivity index (χ0v) is 13.7. The van der Waals surface area contributed by atoms with Crippen molar-refractivity contribution in [3.8, 4) is 0 Å². The molecule has 0 bridgehead atoms. The Bertz CT molecular complexity index is 705. The molecule has 3 rings (SSSR count). The maximum atomic E-state index is 11.9. The fourth-order valence-corrected chi connectivity index (χ4v) is 3.85. The molecule has 2 aromatic rings. The van der Waals surface area contributed by atoms with Gasteiger partial charge in [-0.15, -0.1) is 0 Å². The van der Waals surface area contributed by atoms with Gasteiger partial charge in [-0.2, -0.15) is 0 Å². The number of amides is 1. The Labute approximate surface area is 139 Å². The van der Waals surface area contributed by atoms with Gasteiger partial charge in [0.25, 0.3) is 0 Å². The molecule has 1 unspecified atom stereocenters. The van der Waals surface area contributed by atoms with Crippen molar-refractivity contribution < 1.29 is 9.53 Å². The van der Waals surface area contributed by atoms with E-state index in [1.165, 1.54) is 10.5 Å². The molecule has 1 N–H and O–H groups in total. The van der Waals surface area contributed by atoms with Crippen LogP contribution in [0.2, 0.25) is 5.02 Å². The molecule has 3 nitrogen and oxygen atoms in total. The van der Waals surface area contributed by atoms with Crippen molar-refractivity contribution >= 4 is 29.5 Å². The Kier molecular flexibility index (Phi) is 4.60. The molecular weight excluding hydrogens is 318 g/mol. The van der Waals surface area contributed by atoms with Crippen molar-refractivity contribution in [1.29, 1.82) is 0 Å². The SMILES string of the molecule is CCOC(=O)NC1Cc2ccccc2Sc2ccc(Cl)cc21. The van der Waals surface area contributed by atoms with Gasteiger partial charge in [-0.05, 0) is 48.7 Å². The van der Waals surface area contributed by atoms with Gasteiger partial charge in [0.2, 0.25) is 0 Å². The van der Waals surface area contributed by atoms with Gasteiger partial charge >= 0.3 is 6.09 Å². The molecule has 1 heterocycles. The van der Waals surface area contributed by atoms with Gasteiger partial charge in [-0.25, -0.2) is 4.79 Å². The van der Waals surface area contributed by atoms with Gasteiger partial charge in [0.15, 0.2) is 0 Å². The summed E-state index contributed by atoms with van der Waals surface area (Å²) in [4.78, 5) is 14.2. The standard InChI is InChI=1S/C17H16ClNO2S/c1-2-21-17(20)19-14-9-11-5-3-4-6-15(11)22-16-8-7-12(18)10-13(14)16/h3-8,10,14H,2,9H2,1H3,(H,19,20). The monoisotopic (exact) mass is 333 g/mol. The summed E-state index contributed by atoms with van der Waals surface area (Å²) < 4.78 is 5.03. The lowest BCUT2D eigenvalue weighted by molar-refractivity contribution is 0.148. The van der Waals surface area contributed by atoms with E-state index in [1.54, 1.807) is 18.7 Å². The first-order chi connectivity index (χ1) is 10.7. The first-order valence-electron chi connectivity index (χ1n) is 7.16. The zero-order valence-electron chi connectivity index (χ0n) is 12.1. The number of hydrogen-bond acceptors (Lipinski definition) is 3. The number of halogens is 1. The molecule has 1 aliphatic rings. The minimum absolute atomic E-state index is 0.149. The molecule has 0 saturated carbocycles. The summed E-state index contributed by atoms with van der Waals surface area (Å²) in [5, 5.41) is 3.62. The molecule has 0 aromatic heterocycles. The van der Waals surface area contributed by atoms with Gasteiger partial charge in [0, 0.05) is 14.8 Å². The molecule has 1 atom stereocenters. The number of hydrogen-bond donors (Lipinski definition) is 1. The maximum absolute atomic E-state index is 11.9. The van der Waals surface area contributed by atoms with E-state index in [4.69, 9.17) is 16.3 Å². The third-order valence-corrected chi connectivity index (χ3v) is 4.98. The van der Waals surface area contributed by atoms with Gasteiger partial charge < -0.3 is 10.1 Å². The summed E-state index contributed by atoms with van der Waals surface area (Å²) in [6.07, 6.45) is 0.317. The van der Waals surface area contributed by atoms with Crippen LogP contribution in [0.4, 0.5) is 4.79 Å². The van der Waals surface area contributed by atoms with Crippen LogP contribution in [-0.2, 0) is 11.2 Å². The Hall–Kier alpha value is -1.65. The van der Waals surface area contributed by atoms with Crippen LogP contribution in [0.1, 0.15) is 24.1 Å². The molecule has 22 heavy (non-hydrogen) atoms. The molecule has 0 saturated heterocycles. The van der Waals surface area contributed by atoms with Crippen LogP contribution in [0.25, 0.3) is 0 Å². The molecular formula is C17H16ClNO2S. The second kappa shape index (κ2) is 6.63. The fourth-order valence-electron chi connectivity index (χ4n) is 2.55. The predicted octanol–water partition coefficient (Wildman–Crippen LogP) is 4.83. The van der Waals surface area contributed by atoms with Crippen molar-refractivity contribution in [2.45, 2.75) is 29.2 Å². The molecule has 1 aliphatic heterocycles. The van der Waals surface area contributed by atoms with Crippen molar-refractivity contribution in [1.82, 2.24) is 5.32 Å². The van der Waals surface area contributed by atoms with Crippen molar-refractivity contribution in [3.05, 3.63) is 58.6 Å². The van der Waals surface area contributed by atoms with Crippen molar-refractivity contribution in [3.63, 3.8) is 0 Å². The zero-order chi connectivity index (χ0) is 15.5. The number of nitrogens with one attached hydrogen (secondary N) is 1. The van der Waals surface area contributed by atoms with E-state index < -0.39 is 6.09 Å². The van der Waals surface area contributed by atoms with E-state index >= 15 is 0 Å². The van der Waals surface area contributed by atoms with Crippen molar-refractivity contribution in [2.24, 2.45) is 0 Å². The highest BCUT2D eigenvalue weighted by Crippen LogP contribution is 2.41. The molecule has 0 aliphatic carbocycles. The van der Waals surface area contributed by atoms with Crippen LogP contribution in [0.15, 0.2) is 52.3 Å². The van der Waals surface area contributed by atoms with Crippen LogP contribution < -0.4 is 5.32 Å². The summed E-state index contributed by atoms with van der Waals surface area (Å²) in [5.41, 5.74) is 2.24. The second-order valence-electron chi connectivity index (χ2n) is 5.01. The second-order valence-corrected chi connectivity index (χ2v) is 6.53. The lowest BCUT2D eigenvalue weighted by atomic mass is 9.99.